The molecule has 34 heavy (non-hydrogen) atoms. The van der Waals surface area contributed by atoms with E-state index in [2.05, 4.69) is 40.4 Å². The Bertz CT molecular complexity index is 1130. The van der Waals surface area contributed by atoms with Crippen LogP contribution in [0.25, 0.3) is 0 Å². The number of aromatic nitrogens is 2. The zero-order valence-corrected chi connectivity index (χ0v) is 21.0. The summed E-state index contributed by atoms with van der Waals surface area (Å²) >= 11 is 0. The average molecular weight is 487 g/mol. The molecule has 0 bridgehead atoms. The number of hydrogen-bond donors (Lipinski definition) is 1. The number of nitrogens with one attached hydrogen (secondary N) is 1. The molecule has 1 saturated carbocycles. The molecule has 1 N–H and O–H groups in total. The molecular formula is C25H34N4O4S. The molecule has 1 unspecified atom stereocenters. The first-order valence-corrected chi connectivity index (χ1v) is 13.5. The lowest BCUT2D eigenvalue weighted by atomic mass is 9.97. The molecule has 1 saturated heterocycles. The lowest BCUT2D eigenvalue weighted by Crippen LogP contribution is -2.41. The Morgan fingerprint density at radius 2 is 1.97 bits per heavy atom. The Morgan fingerprint density at radius 1 is 1.21 bits per heavy atom. The predicted octanol–water partition coefficient (Wildman–Crippen LogP) is 4.18. The maximum Gasteiger partial charge on any atom is 0.281 e. The summed E-state index contributed by atoms with van der Waals surface area (Å²) in [6.07, 6.45) is 8.49. The number of ether oxygens (including phenoxy) is 1. The number of anilines is 1. The number of hydrogen-bond acceptors (Lipinski definition) is 7. The van der Waals surface area contributed by atoms with E-state index in [1.165, 1.54) is 31.7 Å². The zero-order chi connectivity index (χ0) is 24.3. The number of pyridine rings is 2. The van der Waals surface area contributed by atoms with Crippen molar-refractivity contribution >= 4 is 21.7 Å². The van der Waals surface area contributed by atoms with Crippen LogP contribution >= 0.6 is 0 Å². The van der Waals surface area contributed by atoms with Crippen LogP contribution in [0.3, 0.4) is 0 Å². The van der Waals surface area contributed by atoms with Crippen molar-refractivity contribution in [3.05, 3.63) is 42.1 Å². The van der Waals surface area contributed by atoms with E-state index in [-0.39, 0.29) is 22.0 Å². The van der Waals surface area contributed by atoms with Crippen molar-refractivity contribution < 1.29 is 17.9 Å². The molecule has 1 aliphatic heterocycles. The molecule has 2 aliphatic rings. The van der Waals surface area contributed by atoms with Gasteiger partial charge in [-0.05, 0) is 56.7 Å². The quantitative estimate of drug-likeness (QED) is 0.597. The van der Waals surface area contributed by atoms with E-state index in [0.717, 1.165) is 19.4 Å². The number of rotatable bonds is 8. The molecule has 2 aromatic heterocycles. The van der Waals surface area contributed by atoms with E-state index >= 15 is 0 Å². The molecule has 9 heteroatoms. The minimum absolute atomic E-state index is 0.187. The fourth-order valence-electron chi connectivity index (χ4n) is 5.23. The van der Waals surface area contributed by atoms with Crippen molar-refractivity contribution in [3.8, 4) is 5.88 Å². The van der Waals surface area contributed by atoms with Gasteiger partial charge in [-0.1, -0.05) is 38.7 Å². The number of carbonyl (C=O) groups is 1. The van der Waals surface area contributed by atoms with Crippen molar-refractivity contribution in [3.63, 3.8) is 0 Å². The molecule has 184 valence electrons. The van der Waals surface area contributed by atoms with Crippen molar-refractivity contribution in [2.75, 3.05) is 18.1 Å². The van der Waals surface area contributed by atoms with Gasteiger partial charge in [0.1, 0.15) is 5.82 Å². The van der Waals surface area contributed by atoms with E-state index < -0.39 is 15.9 Å². The van der Waals surface area contributed by atoms with Crippen molar-refractivity contribution in [1.29, 1.82) is 0 Å². The summed E-state index contributed by atoms with van der Waals surface area (Å²) in [5.74, 6) is 1.11. The Hall–Kier alpha value is -2.68. The molecular weight excluding hydrogens is 452 g/mol. The second-order valence-corrected chi connectivity index (χ2v) is 11.8. The first-order valence-electron chi connectivity index (χ1n) is 12.1. The molecule has 1 aliphatic carbocycles. The third-order valence-electron chi connectivity index (χ3n) is 6.81. The average Bonchev–Trinajstić information content (AvgIpc) is 3.40. The van der Waals surface area contributed by atoms with Crippen LogP contribution in [0.2, 0.25) is 0 Å². The van der Waals surface area contributed by atoms with Crippen LogP contribution in [0.4, 0.5) is 5.82 Å². The molecule has 1 amide bonds. The molecule has 0 radical (unpaired) electrons. The number of amides is 1. The molecule has 4 rings (SSSR count). The van der Waals surface area contributed by atoms with E-state index in [1.807, 2.05) is 0 Å². The summed E-state index contributed by atoms with van der Waals surface area (Å²) in [7, 11) is -4.19. The Labute approximate surface area is 202 Å². The highest BCUT2D eigenvalue weighted by Gasteiger charge is 2.39. The van der Waals surface area contributed by atoms with Crippen LogP contribution < -0.4 is 14.4 Å². The SMILES string of the molecule is CC1CN(c2ncccc2C(=O)NS(=O)(=O)c2cccc(OCCC3CCCC3)n2)C(C)(C)C1. The minimum atomic E-state index is -4.19. The highest BCUT2D eigenvalue weighted by molar-refractivity contribution is 7.90. The summed E-state index contributed by atoms with van der Waals surface area (Å²) in [4.78, 5) is 23.7. The highest BCUT2D eigenvalue weighted by atomic mass is 32.2. The lowest BCUT2D eigenvalue weighted by molar-refractivity contribution is 0.0981. The second kappa shape index (κ2) is 9.90. The van der Waals surface area contributed by atoms with E-state index in [4.69, 9.17) is 4.74 Å². The molecule has 3 heterocycles. The van der Waals surface area contributed by atoms with Gasteiger partial charge < -0.3 is 9.64 Å². The normalized spacial score (nSPS) is 20.4. The van der Waals surface area contributed by atoms with Crippen LogP contribution in [-0.4, -0.2) is 43.0 Å². The second-order valence-electron chi connectivity index (χ2n) is 10.1. The molecule has 0 aromatic carbocycles. The van der Waals surface area contributed by atoms with Crippen LogP contribution in [0, 0.1) is 11.8 Å². The molecule has 8 nitrogen and oxygen atoms in total. The Kier molecular flexibility index (Phi) is 7.12. The number of nitrogens with zero attached hydrogens (tertiary/aromatic N) is 3. The van der Waals surface area contributed by atoms with Gasteiger partial charge in [0, 0.05) is 24.3 Å². The number of carbonyl (C=O) groups excluding carboxylic acids is 1. The first-order chi connectivity index (χ1) is 16.2. The van der Waals surface area contributed by atoms with Crippen molar-refractivity contribution in [1.82, 2.24) is 14.7 Å². The summed E-state index contributed by atoms with van der Waals surface area (Å²) in [6, 6.07) is 7.79. The standard InChI is InChI=1S/C25H34N4O4S/c1-18-16-25(2,3)29(17-18)23-20(10-7-14-26-23)24(30)28-34(31,32)22-12-6-11-21(27-22)33-15-13-19-8-4-5-9-19/h6-7,10-12,14,18-19H,4-5,8-9,13,15-17H2,1-3H3,(H,28,30). The monoisotopic (exact) mass is 486 g/mol. The van der Waals surface area contributed by atoms with Crippen LogP contribution in [0.15, 0.2) is 41.6 Å². The van der Waals surface area contributed by atoms with Gasteiger partial charge in [0.15, 0.2) is 5.03 Å². The first kappa shape index (κ1) is 24.4. The largest absolute Gasteiger partial charge is 0.478 e. The van der Waals surface area contributed by atoms with Crippen LogP contribution in [0.1, 0.15) is 69.7 Å². The van der Waals surface area contributed by atoms with Gasteiger partial charge in [0.25, 0.3) is 15.9 Å². The van der Waals surface area contributed by atoms with Gasteiger partial charge in [-0.25, -0.2) is 9.71 Å². The van der Waals surface area contributed by atoms with Crippen LogP contribution in [-0.2, 0) is 10.0 Å². The summed E-state index contributed by atoms with van der Waals surface area (Å²) in [6.45, 7) is 7.61. The highest BCUT2D eigenvalue weighted by Crippen LogP contribution is 2.37. The van der Waals surface area contributed by atoms with Crippen molar-refractivity contribution in [2.24, 2.45) is 11.8 Å². The number of sulfonamides is 1. The zero-order valence-electron chi connectivity index (χ0n) is 20.2. The van der Waals surface area contributed by atoms with E-state index in [1.54, 1.807) is 30.5 Å². The Morgan fingerprint density at radius 3 is 2.68 bits per heavy atom. The van der Waals surface area contributed by atoms with Gasteiger partial charge in [0.05, 0.1) is 12.2 Å². The fourth-order valence-corrected chi connectivity index (χ4v) is 6.16. The summed E-state index contributed by atoms with van der Waals surface area (Å²) in [5.41, 5.74) is 0.0325. The maximum absolute atomic E-state index is 13.1. The third kappa shape index (κ3) is 5.51. The lowest BCUT2D eigenvalue weighted by Gasteiger charge is -2.33. The van der Waals surface area contributed by atoms with Gasteiger partial charge in [0.2, 0.25) is 5.88 Å². The van der Waals surface area contributed by atoms with Gasteiger partial charge in [-0.3, -0.25) is 4.79 Å². The molecule has 1 atom stereocenters. The van der Waals surface area contributed by atoms with Crippen LogP contribution in [0.5, 0.6) is 5.88 Å². The molecule has 2 fully saturated rings. The summed E-state index contributed by atoms with van der Waals surface area (Å²) in [5, 5.41) is -0.250. The van der Waals surface area contributed by atoms with Gasteiger partial charge in [-0.15, -0.1) is 0 Å². The molecule has 2 aromatic rings. The topological polar surface area (TPSA) is 101 Å². The Balaban J connectivity index is 1.47. The summed E-state index contributed by atoms with van der Waals surface area (Å²) < 4.78 is 33.8. The van der Waals surface area contributed by atoms with Crippen molar-refractivity contribution in [2.45, 2.75) is 69.9 Å². The third-order valence-corrected chi connectivity index (χ3v) is 8.04. The van der Waals surface area contributed by atoms with E-state index in [9.17, 15) is 13.2 Å². The molecule has 0 spiro atoms. The maximum atomic E-state index is 13.1. The fraction of sp³-hybridized carbons (Fsp3) is 0.560. The van der Waals surface area contributed by atoms with E-state index in [0.29, 0.717) is 24.3 Å². The van der Waals surface area contributed by atoms with Gasteiger partial charge >= 0.3 is 0 Å². The smallest absolute Gasteiger partial charge is 0.281 e. The predicted molar refractivity (Wildman–Crippen MR) is 130 cm³/mol. The van der Waals surface area contributed by atoms with Gasteiger partial charge in [-0.2, -0.15) is 13.4 Å². The minimum Gasteiger partial charge on any atom is -0.478 e.